The lowest BCUT2D eigenvalue weighted by atomic mass is 10.1. The number of hydrogen-bond acceptors (Lipinski definition) is 2. The molecular weight excluding hydrogens is 304 g/mol. The van der Waals surface area contributed by atoms with Crippen molar-refractivity contribution < 1.29 is 4.42 Å². The van der Waals surface area contributed by atoms with Crippen molar-refractivity contribution in [1.82, 2.24) is 0 Å². The number of para-hydroxylation sites is 1. The van der Waals surface area contributed by atoms with E-state index in [1.807, 2.05) is 36.4 Å². The Labute approximate surface area is 118 Å². The largest absolute Gasteiger partial charge is 0.464 e. The average Bonchev–Trinajstić information content (AvgIpc) is 2.45. The molecule has 1 heterocycles. The summed E-state index contributed by atoms with van der Waals surface area (Å²) >= 11 is 3.40. The molecule has 0 bridgehead atoms. The first kappa shape index (κ1) is 12.2. The lowest BCUT2D eigenvalue weighted by Gasteiger charge is -2.03. The Morgan fingerprint density at radius 1 is 1.00 bits per heavy atom. The topological polar surface area (TPSA) is 30.2 Å². The molecule has 3 rings (SSSR count). The summed E-state index contributed by atoms with van der Waals surface area (Å²) in [5, 5.41) is 0.636. The minimum Gasteiger partial charge on any atom is -0.464 e. The number of rotatable bonds is 2. The zero-order chi connectivity index (χ0) is 13.2. The second-order valence-corrected chi connectivity index (χ2v) is 5.31. The normalized spacial score (nSPS) is 10.8. The van der Waals surface area contributed by atoms with Gasteiger partial charge in [0.2, 0.25) is 0 Å². The lowest BCUT2D eigenvalue weighted by molar-refractivity contribution is 0.594. The number of hydrogen-bond donors (Lipinski definition) is 0. The number of benzene rings is 2. The minimum atomic E-state index is 0.0461. The minimum absolute atomic E-state index is 0.0461. The molecule has 0 aliphatic carbocycles. The molecule has 0 atom stereocenters. The van der Waals surface area contributed by atoms with Crippen LogP contribution in [0.3, 0.4) is 0 Å². The Kier molecular flexibility index (Phi) is 3.22. The van der Waals surface area contributed by atoms with Gasteiger partial charge in [-0.3, -0.25) is 4.79 Å². The molecule has 3 aromatic rings. The molecule has 3 heteroatoms. The summed E-state index contributed by atoms with van der Waals surface area (Å²) in [6.45, 7) is 0. The molecule has 0 unspecified atom stereocenters. The summed E-state index contributed by atoms with van der Waals surface area (Å²) in [6, 6.07) is 15.3. The van der Waals surface area contributed by atoms with E-state index in [4.69, 9.17) is 4.42 Å². The fourth-order valence-electron chi connectivity index (χ4n) is 2.06. The number of fused-ring (bicyclic) bond motifs is 1. The molecular formula is C16H11BrO2. The summed E-state index contributed by atoms with van der Waals surface area (Å²) in [5.74, 6) is 0. The van der Waals surface area contributed by atoms with Crippen LogP contribution in [0.4, 0.5) is 0 Å². The van der Waals surface area contributed by atoms with Crippen LogP contribution in [-0.2, 0) is 6.42 Å². The van der Waals surface area contributed by atoms with E-state index in [1.165, 1.54) is 0 Å². The van der Waals surface area contributed by atoms with Gasteiger partial charge in [0.05, 0.1) is 11.6 Å². The molecule has 0 N–H and O–H groups in total. The second kappa shape index (κ2) is 5.02. The van der Waals surface area contributed by atoms with Crippen molar-refractivity contribution in [3.8, 4) is 0 Å². The van der Waals surface area contributed by atoms with Crippen LogP contribution in [0.25, 0.3) is 11.0 Å². The van der Waals surface area contributed by atoms with Gasteiger partial charge in [0.15, 0.2) is 5.43 Å². The summed E-state index contributed by atoms with van der Waals surface area (Å²) < 4.78 is 6.54. The summed E-state index contributed by atoms with van der Waals surface area (Å²) in [4.78, 5) is 12.3. The van der Waals surface area contributed by atoms with Gasteiger partial charge >= 0.3 is 0 Å². The predicted molar refractivity (Wildman–Crippen MR) is 79.4 cm³/mol. The maximum atomic E-state index is 12.3. The fourth-order valence-corrected chi connectivity index (χ4v) is 2.33. The Bertz CT molecular complexity index is 773. The highest BCUT2D eigenvalue weighted by molar-refractivity contribution is 9.10. The highest BCUT2D eigenvalue weighted by Crippen LogP contribution is 2.15. The van der Waals surface area contributed by atoms with Gasteiger partial charge in [-0.2, -0.15) is 0 Å². The van der Waals surface area contributed by atoms with Gasteiger partial charge < -0.3 is 4.42 Å². The van der Waals surface area contributed by atoms with Crippen LogP contribution in [0.2, 0.25) is 0 Å². The van der Waals surface area contributed by atoms with Crippen LogP contribution in [0.5, 0.6) is 0 Å². The third-order valence-electron chi connectivity index (χ3n) is 3.06. The van der Waals surface area contributed by atoms with E-state index >= 15 is 0 Å². The van der Waals surface area contributed by atoms with E-state index in [2.05, 4.69) is 15.9 Å². The molecule has 0 aliphatic rings. The maximum Gasteiger partial charge on any atom is 0.196 e. The van der Waals surface area contributed by atoms with Crippen molar-refractivity contribution in [2.24, 2.45) is 0 Å². The molecule has 0 spiro atoms. The first-order valence-corrected chi connectivity index (χ1v) is 6.77. The van der Waals surface area contributed by atoms with Gasteiger partial charge in [0.25, 0.3) is 0 Å². The molecule has 0 amide bonds. The Hall–Kier alpha value is -1.87. The highest BCUT2D eigenvalue weighted by Gasteiger charge is 2.07. The summed E-state index contributed by atoms with van der Waals surface area (Å²) in [7, 11) is 0. The SMILES string of the molecule is O=c1c(Cc2ccc(Br)cc2)coc2ccccc12. The van der Waals surface area contributed by atoms with E-state index in [0.29, 0.717) is 23.0 Å². The average molecular weight is 315 g/mol. The Morgan fingerprint density at radius 3 is 2.53 bits per heavy atom. The Balaban J connectivity index is 2.04. The Morgan fingerprint density at radius 2 is 1.74 bits per heavy atom. The molecule has 0 saturated carbocycles. The monoisotopic (exact) mass is 314 g/mol. The van der Waals surface area contributed by atoms with Crippen molar-refractivity contribution in [2.45, 2.75) is 6.42 Å². The van der Waals surface area contributed by atoms with Crippen LogP contribution in [0.15, 0.2) is 68.5 Å². The number of halogens is 1. The smallest absolute Gasteiger partial charge is 0.196 e. The molecule has 0 fully saturated rings. The van der Waals surface area contributed by atoms with Crippen LogP contribution < -0.4 is 5.43 Å². The van der Waals surface area contributed by atoms with E-state index in [0.717, 1.165) is 10.0 Å². The molecule has 2 nitrogen and oxygen atoms in total. The standard InChI is InChI=1S/C16H11BrO2/c17-13-7-5-11(6-8-13)9-12-10-19-15-4-2-1-3-14(15)16(12)18/h1-8,10H,9H2. The van der Waals surface area contributed by atoms with Crippen LogP contribution >= 0.6 is 15.9 Å². The maximum absolute atomic E-state index is 12.3. The zero-order valence-electron chi connectivity index (χ0n) is 10.1. The summed E-state index contributed by atoms with van der Waals surface area (Å²) in [5.41, 5.74) is 2.45. The van der Waals surface area contributed by atoms with E-state index in [9.17, 15) is 4.79 Å². The van der Waals surface area contributed by atoms with Gasteiger partial charge in [-0.1, -0.05) is 40.2 Å². The predicted octanol–water partition coefficient (Wildman–Crippen LogP) is 4.15. The van der Waals surface area contributed by atoms with Crippen molar-refractivity contribution in [1.29, 1.82) is 0 Å². The second-order valence-electron chi connectivity index (χ2n) is 4.39. The van der Waals surface area contributed by atoms with Crippen molar-refractivity contribution in [2.75, 3.05) is 0 Å². The van der Waals surface area contributed by atoms with Gasteiger partial charge in [0, 0.05) is 16.5 Å². The molecule has 94 valence electrons. The van der Waals surface area contributed by atoms with E-state index < -0.39 is 0 Å². The van der Waals surface area contributed by atoms with Crippen LogP contribution in [0.1, 0.15) is 11.1 Å². The molecule has 0 aliphatic heterocycles. The molecule has 1 aromatic heterocycles. The molecule has 0 saturated heterocycles. The van der Waals surface area contributed by atoms with Gasteiger partial charge in [-0.05, 0) is 29.8 Å². The van der Waals surface area contributed by atoms with Gasteiger partial charge in [0.1, 0.15) is 5.58 Å². The van der Waals surface area contributed by atoms with Crippen LogP contribution in [0, 0.1) is 0 Å². The molecule has 2 aromatic carbocycles. The highest BCUT2D eigenvalue weighted by atomic mass is 79.9. The zero-order valence-corrected chi connectivity index (χ0v) is 11.7. The van der Waals surface area contributed by atoms with E-state index in [-0.39, 0.29) is 5.43 Å². The molecule has 19 heavy (non-hydrogen) atoms. The third kappa shape index (κ3) is 2.47. The van der Waals surface area contributed by atoms with Gasteiger partial charge in [-0.15, -0.1) is 0 Å². The van der Waals surface area contributed by atoms with Crippen molar-refractivity contribution >= 4 is 26.9 Å². The lowest BCUT2D eigenvalue weighted by Crippen LogP contribution is -2.09. The van der Waals surface area contributed by atoms with Crippen molar-refractivity contribution in [3.63, 3.8) is 0 Å². The van der Waals surface area contributed by atoms with Crippen molar-refractivity contribution in [3.05, 3.63) is 80.6 Å². The first-order chi connectivity index (χ1) is 9.24. The quantitative estimate of drug-likeness (QED) is 0.711. The van der Waals surface area contributed by atoms with E-state index in [1.54, 1.807) is 18.4 Å². The summed E-state index contributed by atoms with van der Waals surface area (Å²) in [6.07, 6.45) is 2.15. The molecule has 0 radical (unpaired) electrons. The van der Waals surface area contributed by atoms with Gasteiger partial charge in [-0.25, -0.2) is 0 Å². The van der Waals surface area contributed by atoms with Crippen LogP contribution in [-0.4, -0.2) is 0 Å². The fraction of sp³-hybridized carbons (Fsp3) is 0.0625. The third-order valence-corrected chi connectivity index (χ3v) is 3.59. The first-order valence-electron chi connectivity index (χ1n) is 5.98.